The van der Waals surface area contributed by atoms with E-state index in [1.807, 2.05) is 27.7 Å². The molecule has 1 heterocycles. The number of nitrogens with zero attached hydrogens (tertiary/aromatic N) is 4. The number of anilines is 2. The molecule has 0 amide bonds. The monoisotopic (exact) mass is 368 g/mol. The summed E-state index contributed by atoms with van der Waals surface area (Å²) < 4.78 is 0. The molecule has 0 saturated heterocycles. The molecule has 0 bridgehead atoms. The van der Waals surface area contributed by atoms with Crippen LogP contribution < -0.4 is 10.6 Å². The third-order valence-electron chi connectivity index (χ3n) is 5.25. The molecule has 27 heavy (non-hydrogen) atoms. The predicted octanol–water partition coefficient (Wildman–Crippen LogP) is 3.27. The van der Waals surface area contributed by atoms with Gasteiger partial charge < -0.3 is 15.7 Å². The average Bonchev–Trinajstić information content (AvgIpc) is 2.65. The standard InChI is InChI=1S/C20H28N6O/c1-6-14(13(2)11-22-5)7-8-23-19-24-12-15(10-21)18(26-19)25-16-9-17(27)20(16,3)4/h6,11-12,16-17,27H,5,7-9H2,1-4H3,(H2,23,24,25,26)/b13-11-,14-6-/t16-,17+/m1/s1. The lowest BCUT2D eigenvalue weighted by Crippen LogP contribution is -2.57. The van der Waals surface area contributed by atoms with Gasteiger partial charge in [-0.15, -0.1) is 0 Å². The molecule has 3 N–H and O–H groups in total. The fraction of sp³-hybridized carbons (Fsp3) is 0.500. The topological polar surface area (TPSA) is 106 Å². The van der Waals surface area contributed by atoms with Crippen molar-refractivity contribution in [1.82, 2.24) is 9.97 Å². The summed E-state index contributed by atoms with van der Waals surface area (Å²) in [4.78, 5) is 12.5. The van der Waals surface area contributed by atoms with Crippen molar-refractivity contribution < 1.29 is 5.11 Å². The molecule has 0 unspecified atom stereocenters. The van der Waals surface area contributed by atoms with Crippen molar-refractivity contribution in [3.63, 3.8) is 0 Å². The highest BCUT2D eigenvalue weighted by Gasteiger charge is 2.47. The predicted molar refractivity (Wildman–Crippen MR) is 109 cm³/mol. The number of hydrogen-bond acceptors (Lipinski definition) is 7. The minimum atomic E-state index is -0.347. The van der Waals surface area contributed by atoms with Crippen LogP contribution in [0.1, 0.15) is 46.1 Å². The minimum Gasteiger partial charge on any atom is -0.392 e. The molecular weight excluding hydrogens is 340 g/mol. The minimum absolute atomic E-state index is 0.0659. The van der Waals surface area contributed by atoms with Crippen LogP contribution >= 0.6 is 0 Å². The number of aliphatic hydroxyl groups excluding tert-OH is 1. The van der Waals surface area contributed by atoms with Crippen molar-refractivity contribution in [3.8, 4) is 6.07 Å². The van der Waals surface area contributed by atoms with Crippen LogP contribution in [0.25, 0.3) is 0 Å². The second-order valence-electron chi connectivity index (χ2n) is 7.32. The highest BCUT2D eigenvalue weighted by Crippen LogP contribution is 2.42. The van der Waals surface area contributed by atoms with Crippen molar-refractivity contribution in [3.05, 3.63) is 35.2 Å². The number of nitriles is 1. The van der Waals surface area contributed by atoms with Crippen molar-refractivity contribution in [2.75, 3.05) is 17.2 Å². The van der Waals surface area contributed by atoms with Crippen molar-refractivity contribution >= 4 is 18.5 Å². The molecule has 0 aliphatic heterocycles. The molecule has 0 spiro atoms. The van der Waals surface area contributed by atoms with Gasteiger partial charge in [0.2, 0.25) is 5.95 Å². The summed E-state index contributed by atoms with van der Waals surface area (Å²) in [6.45, 7) is 12.1. The molecule has 1 aliphatic carbocycles. The lowest BCUT2D eigenvalue weighted by molar-refractivity contribution is -0.0511. The number of aromatic nitrogens is 2. The Labute approximate surface area is 161 Å². The van der Waals surface area contributed by atoms with E-state index in [1.165, 1.54) is 11.8 Å². The SMILES string of the molecule is C=N/C=C(C)\C(=C/C)CCNc1ncc(C#N)c(N[C@@H]2C[C@H](O)C2(C)C)n1. The Kier molecular flexibility index (Phi) is 6.70. The zero-order valence-corrected chi connectivity index (χ0v) is 16.5. The van der Waals surface area contributed by atoms with E-state index < -0.39 is 0 Å². The van der Waals surface area contributed by atoms with Crippen molar-refractivity contribution in [2.45, 2.75) is 52.7 Å². The van der Waals surface area contributed by atoms with Gasteiger partial charge in [-0.25, -0.2) is 4.98 Å². The van der Waals surface area contributed by atoms with Gasteiger partial charge in [0.1, 0.15) is 17.5 Å². The van der Waals surface area contributed by atoms with Gasteiger partial charge in [-0.05, 0) is 44.6 Å². The average molecular weight is 368 g/mol. The normalized spacial score (nSPS) is 21.8. The molecule has 2 rings (SSSR count). The number of hydrogen-bond donors (Lipinski definition) is 3. The van der Waals surface area contributed by atoms with E-state index in [9.17, 15) is 10.4 Å². The van der Waals surface area contributed by atoms with Crippen LogP contribution in [0.4, 0.5) is 11.8 Å². The maximum absolute atomic E-state index is 9.91. The zero-order valence-electron chi connectivity index (χ0n) is 16.5. The molecule has 1 aromatic rings. The van der Waals surface area contributed by atoms with Gasteiger partial charge in [0, 0.05) is 24.2 Å². The summed E-state index contributed by atoms with van der Waals surface area (Å²) in [5.41, 5.74) is 2.38. The largest absolute Gasteiger partial charge is 0.392 e. The van der Waals surface area contributed by atoms with Crippen LogP contribution in [-0.2, 0) is 0 Å². The number of aliphatic hydroxyl groups is 1. The van der Waals surface area contributed by atoms with Crippen molar-refractivity contribution in [2.24, 2.45) is 10.4 Å². The van der Waals surface area contributed by atoms with Crippen LogP contribution in [0.15, 0.2) is 34.6 Å². The lowest BCUT2D eigenvalue weighted by Gasteiger charge is -2.49. The summed E-state index contributed by atoms with van der Waals surface area (Å²) >= 11 is 0. The highest BCUT2D eigenvalue weighted by molar-refractivity contribution is 5.54. The third-order valence-corrected chi connectivity index (χ3v) is 5.25. The summed E-state index contributed by atoms with van der Waals surface area (Å²) in [6.07, 6.45) is 6.39. The molecule has 0 radical (unpaired) electrons. The number of rotatable bonds is 8. The molecule has 1 fully saturated rings. The lowest BCUT2D eigenvalue weighted by atomic mass is 9.64. The Morgan fingerprint density at radius 2 is 2.30 bits per heavy atom. The molecule has 144 valence electrons. The van der Waals surface area contributed by atoms with E-state index in [-0.39, 0.29) is 17.6 Å². The van der Waals surface area contributed by atoms with Crippen molar-refractivity contribution in [1.29, 1.82) is 5.26 Å². The molecule has 1 saturated carbocycles. The molecule has 7 nitrogen and oxygen atoms in total. The summed E-state index contributed by atoms with van der Waals surface area (Å²) in [5.74, 6) is 0.964. The van der Waals surface area contributed by atoms with Gasteiger partial charge in [0.15, 0.2) is 0 Å². The fourth-order valence-electron chi connectivity index (χ4n) is 3.07. The molecule has 7 heteroatoms. The van der Waals surface area contributed by atoms with Crippen LogP contribution in [0, 0.1) is 16.7 Å². The van der Waals surface area contributed by atoms with E-state index in [1.54, 1.807) is 6.20 Å². The maximum atomic E-state index is 9.91. The van der Waals surface area contributed by atoms with Gasteiger partial charge >= 0.3 is 0 Å². The van der Waals surface area contributed by atoms with E-state index >= 15 is 0 Å². The first-order valence-corrected chi connectivity index (χ1v) is 9.07. The van der Waals surface area contributed by atoms with Gasteiger partial charge in [0.05, 0.1) is 12.3 Å². The van der Waals surface area contributed by atoms with Crippen LogP contribution in [-0.4, -0.2) is 40.5 Å². The Morgan fingerprint density at radius 1 is 1.56 bits per heavy atom. The first-order chi connectivity index (χ1) is 12.8. The van der Waals surface area contributed by atoms with E-state index in [4.69, 9.17) is 0 Å². The van der Waals surface area contributed by atoms with E-state index in [2.05, 4.69) is 44.5 Å². The van der Waals surface area contributed by atoms with E-state index in [0.29, 0.717) is 30.3 Å². The fourth-order valence-corrected chi connectivity index (χ4v) is 3.07. The van der Waals surface area contributed by atoms with E-state index in [0.717, 1.165) is 12.0 Å². The third kappa shape index (κ3) is 4.72. The van der Waals surface area contributed by atoms with Crippen LogP contribution in [0.2, 0.25) is 0 Å². The molecule has 2 atom stereocenters. The molecule has 1 aromatic heterocycles. The Bertz CT molecular complexity index is 790. The molecule has 1 aliphatic rings. The van der Waals surface area contributed by atoms with Crippen LogP contribution in [0.3, 0.4) is 0 Å². The zero-order chi connectivity index (χ0) is 20.0. The van der Waals surface area contributed by atoms with Gasteiger partial charge in [-0.3, -0.25) is 4.99 Å². The quantitative estimate of drug-likeness (QED) is 0.480. The molecular formula is C20H28N6O. The smallest absolute Gasteiger partial charge is 0.224 e. The summed E-state index contributed by atoms with van der Waals surface area (Å²) in [5, 5.41) is 25.7. The van der Waals surface area contributed by atoms with Gasteiger partial charge in [0.25, 0.3) is 0 Å². The highest BCUT2D eigenvalue weighted by atomic mass is 16.3. The number of nitrogens with one attached hydrogen (secondary N) is 2. The first-order valence-electron chi connectivity index (χ1n) is 9.07. The summed E-state index contributed by atoms with van der Waals surface area (Å²) in [7, 11) is 0. The maximum Gasteiger partial charge on any atom is 0.224 e. The Morgan fingerprint density at radius 3 is 2.85 bits per heavy atom. The Balaban J connectivity index is 2.04. The summed E-state index contributed by atoms with van der Waals surface area (Å²) in [6, 6.07) is 2.18. The van der Waals surface area contributed by atoms with Crippen LogP contribution in [0.5, 0.6) is 0 Å². The second-order valence-corrected chi connectivity index (χ2v) is 7.32. The second kappa shape index (κ2) is 8.78. The van der Waals surface area contributed by atoms with Gasteiger partial charge in [-0.2, -0.15) is 10.2 Å². The molecule has 0 aromatic carbocycles. The number of allylic oxidation sites excluding steroid dienone is 2. The Hall–Kier alpha value is -2.72. The van der Waals surface area contributed by atoms with Gasteiger partial charge in [-0.1, -0.05) is 19.9 Å². The first kappa shape index (κ1) is 20.6. The number of aliphatic imine (C=N–C) groups is 1.